The predicted octanol–water partition coefficient (Wildman–Crippen LogP) is 5.61. The summed E-state index contributed by atoms with van der Waals surface area (Å²) in [5.41, 5.74) is 0.988. The Morgan fingerprint density at radius 2 is 1.77 bits per heavy atom. The molecule has 172 valence electrons. The van der Waals surface area contributed by atoms with Gasteiger partial charge in [0.25, 0.3) is 0 Å². The van der Waals surface area contributed by atoms with Crippen molar-refractivity contribution < 1.29 is 14.2 Å². The van der Waals surface area contributed by atoms with Crippen molar-refractivity contribution in [2.75, 3.05) is 25.3 Å². The number of rotatable bonds is 10. The lowest BCUT2D eigenvalue weighted by atomic mass is 9.95. The molecule has 0 aliphatic heterocycles. The Balaban J connectivity index is 1.54. The Bertz CT molecular complexity index is 695. The largest absolute Gasteiger partial charge is 0.491 e. The molecular formula is C25H39N3O3. The maximum Gasteiger partial charge on any atom is 0.196 e. The van der Waals surface area contributed by atoms with Crippen LogP contribution in [0.4, 0.5) is 5.69 Å². The number of nitrogens with one attached hydrogen (secondary N) is 2. The Morgan fingerprint density at radius 1 is 1.03 bits per heavy atom. The lowest BCUT2D eigenvalue weighted by Gasteiger charge is -2.27. The summed E-state index contributed by atoms with van der Waals surface area (Å²) in [6.07, 6.45) is 12.7. The van der Waals surface area contributed by atoms with Crippen LogP contribution in [0.5, 0.6) is 5.75 Å². The summed E-state index contributed by atoms with van der Waals surface area (Å²) >= 11 is 0. The molecule has 0 radical (unpaired) electrons. The summed E-state index contributed by atoms with van der Waals surface area (Å²) < 4.78 is 16.4. The number of ether oxygens (including phenoxy) is 3. The number of guanidine groups is 1. The van der Waals surface area contributed by atoms with Gasteiger partial charge in [-0.1, -0.05) is 51.2 Å². The minimum Gasteiger partial charge on any atom is -0.491 e. The molecule has 2 aliphatic rings. The molecule has 3 rings (SSSR count). The normalized spacial score (nSPS) is 18.4. The lowest BCUT2D eigenvalue weighted by Crippen LogP contribution is -2.41. The molecule has 6 nitrogen and oxygen atoms in total. The van der Waals surface area contributed by atoms with E-state index in [-0.39, 0.29) is 6.79 Å². The first-order valence-corrected chi connectivity index (χ1v) is 11.9. The van der Waals surface area contributed by atoms with E-state index in [0.717, 1.165) is 17.4 Å². The molecule has 0 aromatic heterocycles. The average Bonchev–Trinajstić information content (AvgIpc) is 2.77. The number of anilines is 1. The zero-order valence-corrected chi connectivity index (χ0v) is 19.0. The van der Waals surface area contributed by atoms with Crippen LogP contribution in [0.3, 0.4) is 0 Å². The summed E-state index contributed by atoms with van der Waals surface area (Å²) in [5.74, 6) is 2.37. The Hall–Kier alpha value is -2.21. The van der Waals surface area contributed by atoms with E-state index in [1.807, 2.05) is 18.2 Å². The van der Waals surface area contributed by atoms with E-state index in [4.69, 9.17) is 19.2 Å². The van der Waals surface area contributed by atoms with Gasteiger partial charge in [-0.2, -0.15) is 0 Å². The summed E-state index contributed by atoms with van der Waals surface area (Å²) in [6, 6.07) is 8.97. The Labute approximate surface area is 187 Å². The van der Waals surface area contributed by atoms with Crippen molar-refractivity contribution in [1.29, 1.82) is 0 Å². The fourth-order valence-corrected chi connectivity index (χ4v) is 4.16. The molecule has 2 N–H and O–H groups in total. The van der Waals surface area contributed by atoms with Crippen molar-refractivity contribution >= 4 is 11.6 Å². The number of allylic oxidation sites excluding steroid dienone is 1. The van der Waals surface area contributed by atoms with E-state index in [1.165, 1.54) is 64.2 Å². The molecule has 1 aromatic rings. The first-order chi connectivity index (χ1) is 15.2. The maximum atomic E-state index is 5.83. The third-order valence-electron chi connectivity index (χ3n) is 5.81. The van der Waals surface area contributed by atoms with E-state index in [1.54, 1.807) is 6.92 Å². The van der Waals surface area contributed by atoms with Gasteiger partial charge in [-0.3, -0.25) is 0 Å². The average molecular weight is 430 g/mol. The van der Waals surface area contributed by atoms with E-state index in [0.29, 0.717) is 31.1 Å². The molecule has 2 saturated carbocycles. The molecule has 0 spiro atoms. The van der Waals surface area contributed by atoms with Crippen molar-refractivity contribution in [3.63, 3.8) is 0 Å². The highest BCUT2D eigenvalue weighted by molar-refractivity contribution is 5.94. The third kappa shape index (κ3) is 9.21. The van der Waals surface area contributed by atoms with Crippen LogP contribution < -0.4 is 15.4 Å². The van der Waals surface area contributed by atoms with Gasteiger partial charge < -0.3 is 24.8 Å². The molecule has 2 aliphatic carbocycles. The van der Waals surface area contributed by atoms with Crippen LogP contribution in [-0.4, -0.2) is 38.0 Å². The molecule has 0 saturated heterocycles. The second-order valence-electron chi connectivity index (χ2n) is 8.62. The van der Waals surface area contributed by atoms with Crippen molar-refractivity contribution in [2.45, 2.75) is 83.2 Å². The molecule has 0 heterocycles. The summed E-state index contributed by atoms with van der Waals surface area (Å²) in [5, 5.41) is 7.24. The second-order valence-corrected chi connectivity index (χ2v) is 8.62. The van der Waals surface area contributed by atoms with Crippen LogP contribution >= 0.6 is 0 Å². The second kappa shape index (κ2) is 13.3. The van der Waals surface area contributed by atoms with Gasteiger partial charge in [0.05, 0.1) is 18.4 Å². The highest BCUT2D eigenvalue weighted by Crippen LogP contribution is 2.23. The first kappa shape index (κ1) is 23.5. The van der Waals surface area contributed by atoms with Crippen molar-refractivity contribution in [1.82, 2.24) is 5.32 Å². The van der Waals surface area contributed by atoms with E-state index >= 15 is 0 Å². The van der Waals surface area contributed by atoms with Crippen molar-refractivity contribution in [3.05, 3.63) is 36.6 Å². The van der Waals surface area contributed by atoms with Gasteiger partial charge in [0.2, 0.25) is 0 Å². The smallest absolute Gasteiger partial charge is 0.196 e. The predicted molar refractivity (Wildman–Crippen MR) is 127 cm³/mol. The SMILES string of the molecule is C=C(C)OCOCCOc1cccc(NC(=NC2CCCCC2)NC2CCCCC2)c1. The van der Waals surface area contributed by atoms with Gasteiger partial charge >= 0.3 is 0 Å². The minimum atomic E-state index is 0.202. The van der Waals surface area contributed by atoms with Crippen LogP contribution in [0.2, 0.25) is 0 Å². The Morgan fingerprint density at radius 3 is 2.52 bits per heavy atom. The number of aliphatic imine (C=N–C) groups is 1. The zero-order chi connectivity index (χ0) is 21.7. The highest BCUT2D eigenvalue weighted by atomic mass is 16.7. The summed E-state index contributed by atoms with van der Waals surface area (Å²) in [6.45, 7) is 6.60. The van der Waals surface area contributed by atoms with Crippen LogP contribution in [0.25, 0.3) is 0 Å². The van der Waals surface area contributed by atoms with Crippen molar-refractivity contribution in [2.24, 2.45) is 4.99 Å². The van der Waals surface area contributed by atoms with Gasteiger partial charge in [0.15, 0.2) is 12.8 Å². The first-order valence-electron chi connectivity index (χ1n) is 11.9. The molecule has 6 heteroatoms. The van der Waals surface area contributed by atoms with Gasteiger partial charge in [-0.25, -0.2) is 4.99 Å². The lowest BCUT2D eigenvalue weighted by molar-refractivity contribution is -0.0311. The fourth-order valence-electron chi connectivity index (χ4n) is 4.16. The Kier molecular flexibility index (Phi) is 10.0. The topological polar surface area (TPSA) is 64.1 Å². The molecule has 0 atom stereocenters. The molecular weight excluding hydrogens is 390 g/mol. The van der Waals surface area contributed by atoms with E-state index in [9.17, 15) is 0 Å². The number of hydrogen-bond acceptors (Lipinski definition) is 4. The maximum absolute atomic E-state index is 5.83. The minimum absolute atomic E-state index is 0.202. The standard InChI is InChI=1S/C25H39N3O3/c1-20(2)31-19-29-16-17-30-24-15-9-14-23(18-24)28-25(26-21-10-5-3-6-11-21)27-22-12-7-4-8-13-22/h9,14-15,18,21-22H,1,3-8,10-13,16-17,19H2,2H3,(H2,26,27,28). The number of hydrogen-bond donors (Lipinski definition) is 2. The highest BCUT2D eigenvalue weighted by Gasteiger charge is 2.18. The summed E-state index contributed by atoms with van der Waals surface area (Å²) in [7, 11) is 0. The van der Waals surface area contributed by atoms with Crippen molar-refractivity contribution in [3.8, 4) is 5.75 Å². The van der Waals surface area contributed by atoms with Gasteiger partial charge in [-0.15, -0.1) is 0 Å². The van der Waals surface area contributed by atoms with Gasteiger partial charge in [-0.05, 0) is 44.7 Å². The third-order valence-corrected chi connectivity index (χ3v) is 5.81. The fraction of sp³-hybridized carbons (Fsp3) is 0.640. The number of nitrogens with zero attached hydrogens (tertiary/aromatic N) is 1. The molecule has 0 unspecified atom stereocenters. The zero-order valence-electron chi connectivity index (χ0n) is 19.0. The van der Waals surface area contributed by atoms with Crippen LogP contribution in [-0.2, 0) is 9.47 Å². The molecule has 2 fully saturated rings. The van der Waals surface area contributed by atoms with Gasteiger partial charge in [0.1, 0.15) is 12.4 Å². The molecule has 0 amide bonds. The van der Waals surface area contributed by atoms with Gasteiger partial charge in [0, 0.05) is 17.8 Å². The van der Waals surface area contributed by atoms with E-state index in [2.05, 4.69) is 23.3 Å². The van der Waals surface area contributed by atoms with Crippen LogP contribution in [0.15, 0.2) is 41.6 Å². The quantitative estimate of drug-likeness (QED) is 0.166. The van der Waals surface area contributed by atoms with E-state index < -0.39 is 0 Å². The molecule has 1 aromatic carbocycles. The number of benzene rings is 1. The monoisotopic (exact) mass is 429 g/mol. The molecule has 31 heavy (non-hydrogen) atoms. The van der Waals surface area contributed by atoms with Crippen LogP contribution in [0, 0.1) is 0 Å². The molecule has 0 bridgehead atoms. The van der Waals surface area contributed by atoms with Crippen LogP contribution in [0.1, 0.15) is 71.1 Å². The summed E-state index contributed by atoms with van der Waals surface area (Å²) in [4.78, 5) is 5.08.